The van der Waals surface area contributed by atoms with Crippen molar-refractivity contribution in [3.63, 3.8) is 0 Å². The number of aromatic nitrogens is 2. The van der Waals surface area contributed by atoms with E-state index in [-0.39, 0.29) is 0 Å². The van der Waals surface area contributed by atoms with Gasteiger partial charge in [-0.25, -0.2) is 9.97 Å². The van der Waals surface area contributed by atoms with Crippen molar-refractivity contribution >= 4 is 28.5 Å². The van der Waals surface area contributed by atoms with Gasteiger partial charge in [0.25, 0.3) is 0 Å². The first-order chi connectivity index (χ1) is 11.2. The smallest absolute Gasteiger partial charge is 0.160 e. The van der Waals surface area contributed by atoms with E-state index in [0.717, 1.165) is 16.4 Å². The monoisotopic (exact) mass is 350 g/mol. The molecular formula is C16H22N4OS2. The number of nitrogens with zero attached hydrogens (tertiary/aromatic N) is 3. The van der Waals surface area contributed by atoms with Crippen LogP contribution in [0.1, 0.15) is 59.4 Å². The first-order valence-electron chi connectivity index (χ1n) is 8.00. The molecule has 124 valence electrons. The van der Waals surface area contributed by atoms with E-state index in [1.165, 1.54) is 37.1 Å². The fourth-order valence-corrected chi connectivity index (χ4v) is 4.40. The largest absolute Gasteiger partial charge is 0.388 e. The van der Waals surface area contributed by atoms with E-state index in [1.807, 2.05) is 12.3 Å². The first kappa shape index (κ1) is 16.4. The van der Waals surface area contributed by atoms with E-state index >= 15 is 0 Å². The van der Waals surface area contributed by atoms with E-state index in [4.69, 9.17) is 15.6 Å². The van der Waals surface area contributed by atoms with Crippen molar-refractivity contribution < 1.29 is 4.84 Å². The van der Waals surface area contributed by atoms with Crippen LogP contribution in [0.4, 0.5) is 0 Å². The molecule has 1 aliphatic carbocycles. The zero-order valence-electron chi connectivity index (χ0n) is 13.3. The summed E-state index contributed by atoms with van der Waals surface area (Å²) in [7, 11) is 0. The average Bonchev–Trinajstić information content (AvgIpc) is 3.17. The molecule has 0 radical (unpaired) electrons. The summed E-state index contributed by atoms with van der Waals surface area (Å²) in [6.07, 6.45) is 7.08. The summed E-state index contributed by atoms with van der Waals surface area (Å²) >= 11 is 3.35. The molecule has 0 unspecified atom stereocenters. The van der Waals surface area contributed by atoms with Crippen molar-refractivity contribution in [2.24, 2.45) is 10.9 Å². The molecule has 0 aromatic carbocycles. The highest BCUT2D eigenvalue weighted by Crippen LogP contribution is 2.34. The van der Waals surface area contributed by atoms with Gasteiger partial charge >= 0.3 is 0 Å². The maximum absolute atomic E-state index is 5.87. The van der Waals surface area contributed by atoms with Crippen LogP contribution in [-0.2, 0) is 17.9 Å². The van der Waals surface area contributed by atoms with Crippen molar-refractivity contribution in [2.75, 3.05) is 0 Å². The summed E-state index contributed by atoms with van der Waals surface area (Å²) in [5.74, 6) is 1.09. The first-order valence-corrected chi connectivity index (χ1v) is 9.76. The normalized spacial score (nSPS) is 16.7. The highest BCUT2D eigenvalue weighted by molar-refractivity contribution is 7.09. The predicted octanol–water partition coefficient (Wildman–Crippen LogP) is 3.99. The zero-order valence-corrected chi connectivity index (χ0v) is 15.0. The van der Waals surface area contributed by atoms with Gasteiger partial charge in [-0.05, 0) is 19.8 Å². The predicted molar refractivity (Wildman–Crippen MR) is 94.9 cm³/mol. The minimum absolute atomic E-state index is 0.375. The third-order valence-electron chi connectivity index (χ3n) is 3.95. The van der Waals surface area contributed by atoms with Crippen LogP contribution in [0, 0.1) is 6.92 Å². The Labute approximate surface area is 144 Å². The van der Waals surface area contributed by atoms with Crippen LogP contribution in [-0.4, -0.2) is 15.8 Å². The molecule has 23 heavy (non-hydrogen) atoms. The molecule has 0 atom stereocenters. The van der Waals surface area contributed by atoms with Gasteiger partial charge in [-0.15, -0.1) is 22.7 Å². The lowest BCUT2D eigenvalue weighted by molar-refractivity contribution is 0.127. The molecule has 2 N–H and O–H groups in total. The molecule has 0 amide bonds. The molecule has 0 saturated heterocycles. The van der Waals surface area contributed by atoms with E-state index in [2.05, 4.69) is 15.5 Å². The molecule has 2 aromatic heterocycles. The van der Waals surface area contributed by atoms with Gasteiger partial charge in [0.1, 0.15) is 5.84 Å². The molecule has 5 nitrogen and oxygen atoms in total. The summed E-state index contributed by atoms with van der Waals surface area (Å²) < 4.78 is 0. The van der Waals surface area contributed by atoms with Crippen LogP contribution in [0.5, 0.6) is 0 Å². The summed E-state index contributed by atoms with van der Waals surface area (Å²) in [6, 6.07) is 0. The lowest BCUT2D eigenvalue weighted by atomic mass is 9.90. The summed E-state index contributed by atoms with van der Waals surface area (Å²) in [6.45, 7) is 2.35. The summed E-state index contributed by atoms with van der Waals surface area (Å²) in [5, 5.41) is 10.3. The van der Waals surface area contributed by atoms with E-state index in [9.17, 15) is 0 Å². The SMILES string of the molecule is Cc1nc(C/C(N)=N/OCc2csc(C3CCCCC3)n2)cs1. The Kier molecular flexibility index (Phi) is 5.61. The van der Waals surface area contributed by atoms with Gasteiger partial charge in [0.2, 0.25) is 0 Å². The second-order valence-corrected chi connectivity index (χ2v) is 7.85. The maximum Gasteiger partial charge on any atom is 0.160 e. The van der Waals surface area contributed by atoms with Gasteiger partial charge in [-0.2, -0.15) is 0 Å². The quantitative estimate of drug-likeness (QED) is 0.486. The van der Waals surface area contributed by atoms with Gasteiger partial charge in [-0.1, -0.05) is 24.4 Å². The number of rotatable bonds is 6. The average molecular weight is 351 g/mol. The van der Waals surface area contributed by atoms with Crippen LogP contribution in [0.25, 0.3) is 0 Å². The van der Waals surface area contributed by atoms with Crippen LogP contribution in [0.3, 0.4) is 0 Å². The van der Waals surface area contributed by atoms with Crippen LogP contribution in [0.2, 0.25) is 0 Å². The molecule has 0 aliphatic heterocycles. The second kappa shape index (κ2) is 7.88. The molecular weight excluding hydrogens is 328 g/mol. The number of oxime groups is 1. The van der Waals surface area contributed by atoms with Crippen molar-refractivity contribution in [3.05, 3.63) is 32.2 Å². The number of amidine groups is 1. The van der Waals surface area contributed by atoms with Crippen LogP contribution in [0.15, 0.2) is 15.9 Å². The minimum atomic E-state index is 0.375. The zero-order chi connectivity index (χ0) is 16.1. The van der Waals surface area contributed by atoms with Gasteiger partial charge in [-0.3, -0.25) is 0 Å². The van der Waals surface area contributed by atoms with Crippen LogP contribution >= 0.6 is 22.7 Å². The van der Waals surface area contributed by atoms with Crippen LogP contribution < -0.4 is 5.73 Å². The Morgan fingerprint density at radius 1 is 1.22 bits per heavy atom. The van der Waals surface area contributed by atoms with Crippen molar-refractivity contribution in [1.29, 1.82) is 0 Å². The number of nitrogens with two attached hydrogens (primary N) is 1. The van der Waals surface area contributed by atoms with Gasteiger partial charge in [0.15, 0.2) is 6.61 Å². The second-order valence-electron chi connectivity index (χ2n) is 5.90. The molecule has 0 bridgehead atoms. The van der Waals surface area contributed by atoms with Crippen molar-refractivity contribution in [3.8, 4) is 0 Å². The van der Waals surface area contributed by atoms with E-state index in [1.54, 1.807) is 22.7 Å². The standard InChI is InChI=1S/C16H22N4OS2/c1-11-18-13(9-22-11)7-15(17)20-21-8-14-10-23-16(19-14)12-5-3-2-4-6-12/h9-10,12H,2-8H2,1H3,(H2,17,20). The third kappa shape index (κ3) is 4.75. The molecule has 0 spiro atoms. The Balaban J connectivity index is 1.48. The molecule has 2 heterocycles. The molecule has 1 saturated carbocycles. The molecule has 7 heteroatoms. The number of hydrogen-bond donors (Lipinski definition) is 1. The highest BCUT2D eigenvalue weighted by Gasteiger charge is 2.18. The lowest BCUT2D eigenvalue weighted by Gasteiger charge is -2.18. The number of hydrogen-bond acceptors (Lipinski definition) is 6. The van der Waals surface area contributed by atoms with Gasteiger partial charge in [0.05, 0.1) is 27.8 Å². The summed E-state index contributed by atoms with van der Waals surface area (Å²) in [5.41, 5.74) is 7.75. The van der Waals surface area contributed by atoms with Crippen molar-refractivity contribution in [2.45, 2.75) is 58.0 Å². The topological polar surface area (TPSA) is 73.4 Å². The minimum Gasteiger partial charge on any atom is -0.388 e. The number of aryl methyl sites for hydroxylation is 1. The molecule has 1 fully saturated rings. The molecule has 3 rings (SSSR count). The van der Waals surface area contributed by atoms with Gasteiger partial charge < -0.3 is 10.6 Å². The Hall–Kier alpha value is -1.47. The summed E-state index contributed by atoms with van der Waals surface area (Å²) in [4.78, 5) is 14.4. The maximum atomic E-state index is 5.87. The Bertz CT molecular complexity index is 659. The highest BCUT2D eigenvalue weighted by atomic mass is 32.1. The number of thiazole rings is 2. The fraction of sp³-hybridized carbons (Fsp3) is 0.562. The van der Waals surface area contributed by atoms with Crippen molar-refractivity contribution in [1.82, 2.24) is 9.97 Å². The van der Waals surface area contributed by atoms with E-state index in [0.29, 0.717) is 24.8 Å². The Morgan fingerprint density at radius 2 is 2.00 bits per heavy atom. The molecule has 1 aliphatic rings. The van der Waals surface area contributed by atoms with E-state index < -0.39 is 0 Å². The third-order valence-corrected chi connectivity index (χ3v) is 5.83. The molecule has 2 aromatic rings. The lowest BCUT2D eigenvalue weighted by Crippen LogP contribution is -2.15. The fourth-order valence-electron chi connectivity index (χ4n) is 2.81. The Morgan fingerprint density at radius 3 is 2.74 bits per heavy atom. The van der Waals surface area contributed by atoms with Gasteiger partial charge in [0, 0.05) is 16.7 Å².